The fourth-order valence-electron chi connectivity index (χ4n) is 3.32. The molecule has 1 aliphatic heterocycles. The second-order valence-electron chi connectivity index (χ2n) is 6.45. The van der Waals surface area contributed by atoms with Gasteiger partial charge in [-0.05, 0) is 31.0 Å². The Morgan fingerprint density at radius 3 is 2.73 bits per heavy atom. The van der Waals surface area contributed by atoms with Crippen LogP contribution in [0.5, 0.6) is 11.5 Å². The van der Waals surface area contributed by atoms with Crippen molar-refractivity contribution in [2.45, 2.75) is 25.7 Å². The molecule has 2 aromatic rings. The van der Waals surface area contributed by atoms with Crippen LogP contribution in [0.3, 0.4) is 0 Å². The van der Waals surface area contributed by atoms with Crippen molar-refractivity contribution in [2.24, 2.45) is 0 Å². The molecule has 138 valence electrons. The summed E-state index contributed by atoms with van der Waals surface area (Å²) in [5.41, 5.74) is 1.48. The minimum absolute atomic E-state index is 0.0567. The average Bonchev–Trinajstić information content (AvgIpc) is 3.11. The van der Waals surface area contributed by atoms with E-state index in [0.717, 1.165) is 17.7 Å². The largest absolute Gasteiger partial charge is 0.493 e. The van der Waals surface area contributed by atoms with Crippen LogP contribution in [-0.2, 0) is 11.2 Å². The summed E-state index contributed by atoms with van der Waals surface area (Å²) < 4.78 is 10.5. The molecule has 1 fully saturated rings. The predicted molar refractivity (Wildman–Crippen MR) is 96.8 cm³/mol. The Morgan fingerprint density at radius 1 is 1.27 bits per heavy atom. The monoisotopic (exact) mass is 357 g/mol. The van der Waals surface area contributed by atoms with E-state index in [4.69, 9.17) is 9.47 Å². The number of carbonyl (C=O) groups excluding carboxylic acids is 1. The molecule has 1 saturated heterocycles. The van der Waals surface area contributed by atoms with E-state index in [1.807, 2.05) is 17.0 Å². The van der Waals surface area contributed by atoms with Gasteiger partial charge in [0.1, 0.15) is 5.82 Å². The molecule has 1 atom stereocenters. The first-order valence-corrected chi connectivity index (χ1v) is 8.56. The van der Waals surface area contributed by atoms with Crippen LogP contribution in [0.15, 0.2) is 29.1 Å². The Balaban J connectivity index is 1.67. The molecule has 1 amide bonds. The topological polar surface area (TPSA) is 84.5 Å². The summed E-state index contributed by atoms with van der Waals surface area (Å²) in [7, 11) is 3.16. The Kier molecular flexibility index (Phi) is 5.25. The molecule has 7 nitrogen and oxygen atoms in total. The number of likely N-dealkylation sites (tertiary alicyclic amines) is 1. The molecule has 0 bridgehead atoms. The van der Waals surface area contributed by atoms with Gasteiger partial charge < -0.3 is 19.4 Å². The summed E-state index contributed by atoms with van der Waals surface area (Å²) in [6, 6.07) is 7.03. The quantitative estimate of drug-likeness (QED) is 0.880. The maximum absolute atomic E-state index is 12.6. The molecule has 0 spiro atoms. The molecular formula is C19H23N3O4. The van der Waals surface area contributed by atoms with E-state index in [0.29, 0.717) is 36.8 Å². The summed E-state index contributed by atoms with van der Waals surface area (Å²) in [6.45, 7) is 3.02. The summed E-state index contributed by atoms with van der Waals surface area (Å²) in [4.78, 5) is 33.2. The van der Waals surface area contributed by atoms with Crippen LogP contribution in [-0.4, -0.2) is 48.1 Å². The van der Waals surface area contributed by atoms with Crippen LogP contribution in [0.1, 0.15) is 29.4 Å². The third kappa shape index (κ3) is 3.87. The number of ether oxygens (including phenoxy) is 2. The highest BCUT2D eigenvalue weighted by Crippen LogP contribution is 2.29. The maximum Gasteiger partial charge on any atom is 0.251 e. The lowest BCUT2D eigenvalue weighted by molar-refractivity contribution is -0.129. The van der Waals surface area contributed by atoms with Crippen molar-refractivity contribution in [1.82, 2.24) is 14.9 Å². The molecule has 1 aromatic carbocycles. The van der Waals surface area contributed by atoms with E-state index in [-0.39, 0.29) is 17.4 Å². The first kappa shape index (κ1) is 18.0. The van der Waals surface area contributed by atoms with E-state index < -0.39 is 0 Å². The number of methoxy groups -OCH3 is 2. The lowest BCUT2D eigenvalue weighted by Crippen LogP contribution is -2.30. The number of aromatic amines is 1. The predicted octanol–water partition coefficient (Wildman–Crippen LogP) is 1.65. The van der Waals surface area contributed by atoms with Crippen molar-refractivity contribution in [3.63, 3.8) is 0 Å². The van der Waals surface area contributed by atoms with Gasteiger partial charge in [-0.25, -0.2) is 4.98 Å². The summed E-state index contributed by atoms with van der Waals surface area (Å²) in [6.07, 6.45) is 1.11. The van der Waals surface area contributed by atoms with Crippen molar-refractivity contribution in [3.8, 4) is 11.5 Å². The van der Waals surface area contributed by atoms with Crippen molar-refractivity contribution in [2.75, 3.05) is 27.3 Å². The zero-order chi connectivity index (χ0) is 18.7. The second kappa shape index (κ2) is 7.59. The SMILES string of the molecule is COc1ccc(CC(=O)N2CCC(c3cc(=O)[nH]c(C)n3)C2)cc1OC. The minimum Gasteiger partial charge on any atom is -0.493 e. The van der Waals surface area contributed by atoms with Gasteiger partial charge in [0.2, 0.25) is 5.91 Å². The van der Waals surface area contributed by atoms with Gasteiger partial charge in [-0.15, -0.1) is 0 Å². The van der Waals surface area contributed by atoms with Crippen LogP contribution in [0.25, 0.3) is 0 Å². The number of aromatic nitrogens is 2. The highest BCUT2D eigenvalue weighted by Gasteiger charge is 2.28. The Hall–Kier alpha value is -2.83. The maximum atomic E-state index is 12.6. The Morgan fingerprint density at radius 2 is 2.04 bits per heavy atom. The third-order valence-electron chi connectivity index (χ3n) is 4.64. The number of benzene rings is 1. The molecule has 26 heavy (non-hydrogen) atoms. The lowest BCUT2D eigenvalue weighted by atomic mass is 10.0. The molecular weight excluding hydrogens is 334 g/mol. The molecule has 7 heteroatoms. The molecule has 1 aliphatic rings. The van der Waals surface area contributed by atoms with Gasteiger partial charge in [-0.2, -0.15) is 0 Å². The number of carbonyl (C=O) groups is 1. The van der Waals surface area contributed by atoms with E-state index in [2.05, 4.69) is 9.97 Å². The Bertz CT molecular complexity index is 862. The van der Waals surface area contributed by atoms with E-state index in [1.165, 1.54) is 6.07 Å². The smallest absolute Gasteiger partial charge is 0.251 e. The summed E-state index contributed by atoms with van der Waals surface area (Å²) in [5.74, 6) is 2.01. The number of hydrogen-bond donors (Lipinski definition) is 1. The third-order valence-corrected chi connectivity index (χ3v) is 4.64. The number of amides is 1. The molecule has 3 rings (SSSR count). The molecule has 2 heterocycles. The van der Waals surface area contributed by atoms with Crippen LogP contribution in [0.4, 0.5) is 0 Å². The molecule has 0 radical (unpaired) electrons. The van der Waals surface area contributed by atoms with Crippen LogP contribution >= 0.6 is 0 Å². The first-order valence-electron chi connectivity index (χ1n) is 8.56. The Labute approximate surface area is 152 Å². The normalized spacial score (nSPS) is 16.6. The van der Waals surface area contributed by atoms with E-state index >= 15 is 0 Å². The van der Waals surface area contributed by atoms with Crippen molar-refractivity contribution in [1.29, 1.82) is 0 Å². The van der Waals surface area contributed by atoms with Crippen LogP contribution in [0.2, 0.25) is 0 Å². The van der Waals surface area contributed by atoms with Crippen molar-refractivity contribution in [3.05, 3.63) is 51.7 Å². The van der Waals surface area contributed by atoms with Gasteiger partial charge in [-0.1, -0.05) is 6.07 Å². The fraction of sp³-hybridized carbons (Fsp3) is 0.421. The second-order valence-corrected chi connectivity index (χ2v) is 6.45. The van der Waals surface area contributed by atoms with E-state index in [1.54, 1.807) is 27.2 Å². The fourth-order valence-corrected chi connectivity index (χ4v) is 3.32. The average molecular weight is 357 g/mol. The number of hydrogen-bond acceptors (Lipinski definition) is 5. The van der Waals surface area contributed by atoms with Gasteiger partial charge in [0.25, 0.3) is 5.56 Å². The molecule has 1 unspecified atom stereocenters. The van der Waals surface area contributed by atoms with Gasteiger partial charge in [0.15, 0.2) is 11.5 Å². The summed E-state index contributed by atoms with van der Waals surface area (Å²) in [5, 5.41) is 0. The standard InChI is InChI=1S/C19H23N3O4/c1-12-20-15(10-18(23)21-12)14-6-7-22(11-14)19(24)9-13-4-5-16(25-2)17(8-13)26-3/h4-5,8,10,14H,6-7,9,11H2,1-3H3,(H,20,21,23). The van der Waals surface area contributed by atoms with Crippen LogP contribution in [0, 0.1) is 6.92 Å². The molecule has 1 N–H and O–H groups in total. The molecule has 1 aromatic heterocycles. The highest BCUT2D eigenvalue weighted by atomic mass is 16.5. The zero-order valence-electron chi connectivity index (χ0n) is 15.2. The lowest BCUT2D eigenvalue weighted by Gasteiger charge is -2.17. The van der Waals surface area contributed by atoms with Gasteiger partial charge >= 0.3 is 0 Å². The van der Waals surface area contributed by atoms with Gasteiger partial charge in [0.05, 0.1) is 26.3 Å². The number of nitrogens with zero attached hydrogens (tertiary/aromatic N) is 2. The van der Waals surface area contributed by atoms with Crippen molar-refractivity contribution >= 4 is 5.91 Å². The number of nitrogens with one attached hydrogen (secondary N) is 1. The number of H-pyrrole nitrogens is 1. The highest BCUT2D eigenvalue weighted by molar-refractivity contribution is 5.79. The van der Waals surface area contributed by atoms with E-state index in [9.17, 15) is 9.59 Å². The molecule has 0 saturated carbocycles. The molecule has 0 aliphatic carbocycles. The van der Waals surface area contributed by atoms with Crippen LogP contribution < -0.4 is 15.0 Å². The summed E-state index contributed by atoms with van der Waals surface area (Å²) >= 11 is 0. The zero-order valence-corrected chi connectivity index (χ0v) is 15.2. The van der Waals surface area contributed by atoms with Gasteiger partial charge in [-0.3, -0.25) is 9.59 Å². The van der Waals surface area contributed by atoms with Gasteiger partial charge in [0, 0.05) is 25.1 Å². The number of rotatable bonds is 5. The number of aryl methyl sites for hydroxylation is 1. The van der Waals surface area contributed by atoms with Crippen molar-refractivity contribution < 1.29 is 14.3 Å². The first-order chi connectivity index (χ1) is 12.5. The minimum atomic E-state index is -0.150.